The zero-order chi connectivity index (χ0) is 19.9. The summed E-state index contributed by atoms with van der Waals surface area (Å²) < 4.78 is 0. The molecule has 1 saturated heterocycles. The minimum absolute atomic E-state index is 0.000984. The Morgan fingerprint density at radius 1 is 1.25 bits per heavy atom. The lowest BCUT2D eigenvalue weighted by atomic mass is 10.2. The number of rotatable bonds is 6. The molecule has 0 aromatic heterocycles. The predicted octanol–water partition coefficient (Wildman–Crippen LogP) is 2.55. The van der Waals surface area contributed by atoms with Crippen LogP contribution >= 0.6 is 11.8 Å². The normalized spacial score (nSPS) is 17.6. The standard InChI is InChI=1S/C18H15N5O4S/c24-16(20-13-6-2-1-3-7-13)10-15-17(25)21-18(28-15)22-19-11-12-5-4-8-14(9-12)23(26)27/h1-9,11,15H,10H2,(H,20,24)(H,21,22,25). The van der Waals surface area contributed by atoms with Crippen LogP contribution in [0, 0.1) is 10.1 Å². The van der Waals surface area contributed by atoms with E-state index in [9.17, 15) is 19.7 Å². The summed E-state index contributed by atoms with van der Waals surface area (Å²) in [4.78, 5) is 34.3. The van der Waals surface area contributed by atoms with Gasteiger partial charge in [-0.2, -0.15) is 5.10 Å². The van der Waals surface area contributed by atoms with Crippen LogP contribution in [-0.4, -0.2) is 33.4 Å². The zero-order valence-corrected chi connectivity index (χ0v) is 15.3. The summed E-state index contributed by atoms with van der Waals surface area (Å²) in [5, 5.41) is 23.5. The van der Waals surface area contributed by atoms with E-state index in [4.69, 9.17) is 0 Å². The number of hydrogen-bond acceptors (Lipinski definition) is 7. The average Bonchev–Trinajstić information content (AvgIpc) is 3.02. The fourth-order valence-electron chi connectivity index (χ4n) is 2.36. The number of para-hydroxylation sites is 1. The number of anilines is 1. The van der Waals surface area contributed by atoms with Crippen molar-refractivity contribution in [1.29, 1.82) is 0 Å². The molecule has 2 N–H and O–H groups in total. The van der Waals surface area contributed by atoms with E-state index in [2.05, 4.69) is 20.8 Å². The third-order valence-corrected chi connectivity index (χ3v) is 4.71. The Kier molecular flexibility index (Phi) is 6.12. The first-order valence-electron chi connectivity index (χ1n) is 8.19. The van der Waals surface area contributed by atoms with Gasteiger partial charge in [-0.3, -0.25) is 19.7 Å². The molecule has 10 heteroatoms. The van der Waals surface area contributed by atoms with Crippen LogP contribution in [0.1, 0.15) is 12.0 Å². The number of nitro benzene ring substituents is 1. The molecule has 9 nitrogen and oxygen atoms in total. The molecule has 0 saturated carbocycles. The van der Waals surface area contributed by atoms with Crippen molar-refractivity contribution < 1.29 is 14.5 Å². The van der Waals surface area contributed by atoms with Crippen LogP contribution in [0.15, 0.2) is 64.8 Å². The van der Waals surface area contributed by atoms with Gasteiger partial charge in [0.2, 0.25) is 11.8 Å². The van der Waals surface area contributed by atoms with Crippen LogP contribution in [0.25, 0.3) is 0 Å². The van der Waals surface area contributed by atoms with Gasteiger partial charge < -0.3 is 10.6 Å². The maximum absolute atomic E-state index is 12.1. The third-order valence-electron chi connectivity index (χ3n) is 3.64. The number of amidine groups is 1. The fraction of sp³-hybridized carbons (Fsp3) is 0.111. The Balaban J connectivity index is 1.57. The summed E-state index contributed by atoms with van der Waals surface area (Å²) in [5.41, 5.74) is 1.11. The van der Waals surface area contributed by atoms with Gasteiger partial charge in [-0.05, 0) is 12.1 Å². The highest BCUT2D eigenvalue weighted by Gasteiger charge is 2.32. The third kappa shape index (κ3) is 5.24. The van der Waals surface area contributed by atoms with Crippen molar-refractivity contribution in [2.45, 2.75) is 11.7 Å². The number of nitrogens with one attached hydrogen (secondary N) is 2. The van der Waals surface area contributed by atoms with Gasteiger partial charge in [-0.15, -0.1) is 5.10 Å². The molecule has 0 bridgehead atoms. The van der Waals surface area contributed by atoms with Crippen LogP contribution in [0.2, 0.25) is 0 Å². The minimum Gasteiger partial charge on any atom is -0.326 e. The largest absolute Gasteiger partial charge is 0.326 e. The molecule has 2 aromatic carbocycles. The number of carbonyl (C=O) groups is 2. The average molecular weight is 397 g/mol. The van der Waals surface area contributed by atoms with Gasteiger partial charge >= 0.3 is 0 Å². The lowest BCUT2D eigenvalue weighted by Gasteiger charge is -2.06. The fourth-order valence-corrected chi connectivity index (χ4v) is 3.28. The molecule has 1 heterocycles. The second kappa shape index (κ2) is 8.91. The molecule has 2 aromatic rings. The number of benzene rings is 2. The van der Waals surface area contributed by atoms with E-state index in [-0.39, 0.29) is 29.1 Å². The highest BCUT2D eigenvalue weighted by atomic mass is 32.2. The lowest BCUT2D eigenvalue weighted by molar-refractivity contribution is -0.384. The van der Waals surface area contributed by atoms with Gasteiger partial charge in [0.1, 0.15) is 5.25 Å². The first-order chi connectivity index (χ1) is 13.5. The Bertz CT molecular complexity index is 961. The van der Waals surface area contributed by atoms with Crippen molar-refractivity contribution in [1.82, 2.24) is 5.32 Å². The molecule has 28 heavy (non-hydrogen) atoms. The SMILES string of the molecule is O=C(CC1S/C(=N/N=Cc2cccc([N+](=O)[O-])c2)NC1=O)Nc1ccccc1. The van der Waals surface area contributed by atoms with Crippen molar-refractivity contribution >= 4 is 46.3 Å². The molecule has 1 unspecified atom stereocenters. The summed E-state index contributed by atoms with van der Waals surface area (Å²) in [6.07, 6.45) is 1.35. The number of nitrogens with zero attached hydrogens (tertiary/aromatic N) is 3. The second-order valence-corrected chi connectivity index (χ2v) is 6.91. The molecule has 142 valence electrons. The highest BCUT2D eigenvalue weighted by Crippen LogP contribution is 2.23. The predicted molar refractivity (Wildman–Crippen MR) is 107 cm³/mol. The number of amides is 2. The van der Waals surface area contributed by atoms with Crippen molar-refractivity contribution in [2.24, 2.45) is 10.2 Å². The number of carbonyl (C=O) groups excluding carboxylic acids is 2. The van der Waals surface area contributed by atoms with Crippen LogP contribution in [0.5, 0.6) is 0 Å². The Hall–Kier alpha value is -3.53. The topological polar surface area (TPSA) is 126 Å². The quantitative estimate of drug-likeness (QED) is 0.440. The van der Waals surface area contributed by atoms with Gasteiger partial charge in [0, 0.05) is 29.8 Å². The van der Waals surface area contributed by atoms with E-state index in [1.807, 2.05) is 6.07 Å². The van der Waals surface area contributed by atoms with Gasteiger partial charge in [-0.25, -0.2) is 0 Å². The van der Waals surface area contributed by atoms with Gasteiger partial charge in [0.25, 0.3) is 5.69 Å². The van der Waals surface area contributed by atoms with Crippen LogP contribution in [0.3, 0.4) is 0 Å². The summed E-state index contributed by atoms with van der Waals surface area (Å²) in [6.45, 7) is 0. The Morgan fingerprint density at radius 3 is 2.79 bits per heavy atom. The van der Waals surface area contributed by atoms with Crippen LogP contribution < -0.4 is 10.6 Å². The number of non-ortho nitro benzene ring substituents is 1. The molecule has 2 amide bonds. The van der Waals surface area contributed by atoms with Gasteiger partial charge in [0.05, 0.1) is 11.1 Å². The van der Waals surface area contributed by atoms with Gasteiger partial charge in [-0.1, -0.05) is 42.1 Å². The second-order valence-electron chi connectivity index (χ2n) is 5.72. The summed E-state index contributed by atoms with van der Waals surface area (Å²) >= 11 is 1.11. The van der Waals surface area contributed by atoms with E-state index in [1.165, 1.54) is 18.3 Å². The smallest absolute Gasteiger partial charge is 0.270 e. The molecule has 1 aliphatic rings. The molecular weight excluding hydrogens is 382 g/mol. The Labute approximate surface area is 164 Å². The van der Waals surface area contributed by atoms with Crippen molar-refractivity contribution in [2.75, 3.05) is 5.32 Å². The number of nitro groups is 1. The van der Waals surface area contributed by atoms with E-state index < -0.39 is 10.2 Å². The first kappa shape index (κ1) is 19.2. The zero-order valence-electron chi connectivity index (χ0n) is 14.4. The number of hydrogen-bond donors (Lipinski definition) is 2. The maximum atomic E-state index is 12.1. The molecule has 0 radical (unpaired) electrons. The van der Waals surface area contributed by atoms with Crippen molar-refractivity contribution in [3.63, 3.8) is 0 Å². The van der Waals surface area contributed by atoms with Crippen LogP contribution in [0.4, 0.5) is 11.4 Å². The molecule has 1 fully saturated rings. The number of thioether (sulfide) groups is 1. The van der Waals surface area contributed by atoms with E-state index >= 15 is 0 Å². The summed E-state index contributed by atoms with van der Waals surface area (Å²) in [5.74, 6) is -0.599. The molecule has 1 aliphatic heterocycles. The first-order valence-corrected chi connectivity index (χ1v) is 9.07. The lowest BCUT2D eigenvalue weighted by Crippen LogP contribution is -2.28. The maximum Gasteiger partial charge on any atom is 0.270 e. The van der Waals surface area contributed by atoms with E-state index in [0.717, 1.165) is 11.8 Å². The van der Waals surface area contributed by atoms with E-state index in [1.54, 1.807) is 36.4 Å². The summed E-state index contributed by atoms with van der Waals surface area (Å²) in [7, 11) is 0. The highest BCUT2D eigenvalue weighted by molar-refractivity contribution is 8.15. The molecule has 0 spiro atoms. The Morgan fingerprint density at radius 2 is 2.04 bits per heavy atom. The summed E-state index contributed by atoms with van der Waals surface area (Å²) in [6, 6.07) is 14.9. The molecule has 3 rings (SSSR count). The van der Waals surface area contributed by atoms with Crippen LogP contribution in [-0.2, 0) is 9.59 Å². The van der Waals surface area contributed by atoms with Crippen molar-refractivity contribution in [3.05, 3.63) is 70.3 Å². The monoisotopic (exact) mass is 397 g/mol. The minimum atomic E-state index is -0.601. The van der Waals surface area contributed by atoms with Gasteiger partial charge in [0.15, 0.2) is 5.17 Å². The molecule has 0 aliphatic carbocycles. The van der Waals surface area contributed by atoms with Crippen molar-refractivity contribution in [3.8, 4) is 0 Å². The molecular formula is C18H15N5O4S. The molecule has 1 atom stereocenters. The van der Waals surface area contributed by atoms with E-state index in [0.29, 0.717) is 11.3 Å².